The molecule has 1 N–H and O–H groups in total. The minimum atomic E-state index is -4.78. The van der Waals surface area contributed by atoms with Gasteiger partial charge >= 0.3 is 6.36 Å². The molecule has 0 spiro atoms. The number of amides is 1. The van der Waals surface area contributed by atoms with Gasteiger partial charge in [0.05, 0.1) is 6.04 Å². The average Bonchev–Trinajstić information content (AvgIpc) is 3.46. The van der Waals surface area contributed by atoms with Crippen LogP contribution in [-0.4, -0.2) is 23.0 Å². The van der Waals surface area contributed by atoms with Crippen LogP contribution in [0.4, 0.5) is 13.2 Å². The number of halogens is 3. The zero-order valence-corrected chi connectivity index (χ0v) is 15.1. The summed E-state index contributed by atoms with van der Waals surface area (Å²) in [5.74, 6) is -0.482. The van der Waals surface area contributed by atoms with Crippen molar-refractivity contribution >= 4 is 11.7 Å². The van der Waals surface area contributed by atoms with Crippen LogP contribution in [-0.2, 0) is 11.2 Å². The van der Waals surface area contributed by atoms with E-state index in [1.165, 1.54) is 12.1 Å². The van der Waals surface area contributed by atoms with Crippen LogP contribution in [0, 0.1) is 5.92 Å². The van der Waals surface area contributed by atoms with Gasteiger partial charge in [-0.1, -0.05) is 0 Å². The maximum absolute atomic E-state index is 12.3. The van der Waals surface area contributed by atoms with Crippen molar-refractivity contribution in [3.8, 4) is 5.75 Å². The van der Waals surface area contributed by atoms with E-state index in [-0.39, 0.29) is 29.7 Å². The zero-order chi connectivity index (χ0) is 20.3. The van der Waals surface area contributed by atoms with Crippen LogP contribution in [0.1, 0.15) is 47.4 Å². The monoisotopic (exact) mass is 392 g/mol. The van der Waals surface area contributed by atoms with E-state index in [1.54, 1.807) is 25.3 Å². The van der Waals surface area contributed by atoms with Crippen LogP contribution in [0.3, 0.4) is 0 Å². The van der Waals surface area contributed by atoms with Gasteiger partial charge in [0.15, 0.2) is 0 Å². The molecule has 28 heavy (non-hydrogen) atoms. The van der Waals surface area contributed by atoms with Crippen LogP contribution in [0.15, 0.2) is 42.6 Å². The lowest BCUT2D eigenvalue weighted by Gasteiger charge is -2.15. The number of aromatic nitrogens is 1. The Morgan fingerprint density at radius 2 is 1.89 bits per heavy atom. The highest BCUT2D eigenvalue weighted by atomic mass is 19.4. The van der Waals surface area contributed by atoms with Crippen molar-refractivity contribution < 1.29 is 27.5 Å². The molecule has 0 radical (unpaired) electrons. The highest BCUT2D eigenvalue weighted by molar-refractivity contribution is 5.94. The number of rotatable bonds is 7. The Hall–Kier alpha value is -2.90. The van der Waals surface area contributed by atoms with E-state index in [1.807, 2.05) is 0 Å². The number of pyridine rings is 1. The number of Topliss-reactive ketones (excluding diaryl/α,β-unsaturated/α-hetero) is 1. The summed E-state index contributed by atoms with van der Waals surface area (Å²) >= 11 is 0. The van der Waals surface area contributed by atoms with Gasteiger partial charge in [0.2, 0.25) is 0 Å². The molecule has 1 fully saturated rings. The third kappa shape index (κ3) is 5.55. The first-order valence-electron chi connectivity index (χ1n) is 8.85. The number of carbonyl (C=O) groups is 2. The van der Waals surface area contributed by atoms with Crippen molar-refractivity contribution in [1.82, 2.24) is 10.3 Å². The molecule has 5 nitrogen and oxygen atoms in total. The lowest BCUT2D eigenvalue weighted by atomic mass is 10.0. The van der Waals surface area contributed by atoms with E-state index >= 15 is 0 Å². The summed E-state index contributed by atoms with van der Waals surface area (Å²) in [5.41, 5.74) is 1.66. The topological polar surface area (TPSA) is 68.3 Å². The molecule has 1 saturated carbocycles. The van der Waals surface area contributed by atoms with Crippen LogP contribution >= 0.6 is 0 Å². The van der Waals surface area contributed by atoms with Gasteiger partial charge in [0, 0.05) is 29.8 Å². The second-order valence-electron chi connectivity index (χ2n) is 6.77. The molecule has 0 aliphatic heterocycles. The van der Waals surface area contributed by atoms with Crippen LogP contribution in [0.25, 0.3) is 0 Å². The Balaban J connectivity index is 1.61. The highest BCUT2D eigenvalue weighted by Gasteiger charge is 2.31. The van der Waals surface area contributed by atoms with E-state index in [4.69, 9.17) is 0 Å². The molecule has 0 bridgehead atoms. The summed E-state index contributed by atoms with van der Waals surface area (Å²) < 4.78 is 40.4. The molecule has 1 amide bonds. The second kappa shape index (κ2) is 8.00. The minimum Gasteiger partial charge on any atom is -0.406 e. The molecule has 1 heterocycles. The Labute approximate surface area is 159 Å². The first kappa shape index (κ1) is 19.9. The fourth-order valence-corrected chi connectivity index (χ4v) is 2.76. The van der Waals surface area contributed by atoms with Crippen molar-refractivity contribution in [2.75, 3.05) is 0 Å². The first-order valence-corrected chi connectivity index (χ1v) is 8.85. The largest absolute Gasteiger partial charge is 0.573 e. The molecule has 148 valence electrons. The molecule has 0 saturated heterocycles. The summed E-state index contributed by atoms with van der Waals surface area (Å²) in [6.45, 7) is 1.78. The number of benzene rings is 1. The first-order chi connectivity index (χ1) is 13.2. The maximum Gasteiger partial charge on any atom is 0.573 e. The van der Waals surface area contributed by atoms with Crippen molar-refractivity contribution in [2.24, 2.45) is 5.92 Å². The van der Waals surface area contributed by atoms with E-state index < -0.39 is 18.0 Å². The van der Waals surface area contributed by atoms with E-state index in [9.17, 15) is 22.8 Å². The number of alkyl halides is 3. The summed E-state index contributed by atoms with van der Waals surface area (Å²) in [6.07, 6.45) is -1.02. The van der Waals surface area contributed by atoms with Gasteiger partial charge < -0.3 is 10.1 Å². The lowest BCUT2D eigenvalue weighted by Crippen LogP contribution is -2.26. The maximum atomic E-state index is 12.3. The van der Waals surface area contributed by atoms with E-state index in [2.05, 4.69) is 15.0 Å². The number of ketones is 1. The molecule has 1 aliphatic rings. The van der Waals surface area contributed by atoms with Gasteiger partial charge in [-0.3, -0.25) is 14.6 Å². The summed E-state index contributed by atoms with van der Waals surface area (Å²) in [5, 5.41) is 2.78. The normalized spacial score (nSPS) is 15.0. The molecule has 3 rings (SSSR count). The second-order valence-corrected chi connectivity index (χ2v) is 6.77. The van der Waals surface area contributed by atoms with Crippen LogP contribution < -0.4 is 10.1 Å². The minimum absolute atomic E-state index is 0.159. The average molecular weight is 392 g/mol. The van der Waals surface area contributed by atoms with Gasteiger partial charge in [0.1, 0.15) is 11.5 Å². The van der Waals surface area contributed by atoms with E-state index in [0.29, 0.717) is 5.69 Å². The number of hydrogen-bond acceptors (Lipinski definition) is 4. The fourth-order valence-electron chi connectivity index (χ4n) is 2.76. The summed E-state index contributed by atoms with van der Waals surface area (Å²) in [4.78, 5) is 28.5. The van der Waals surface area contributed by atoms with Crippen molar-refractivity contribution in [3.63, 3.8) is 0 Å². The van der Waals surface area contributed by atoms with Gasteiger partial charge in [-0.2, -0.15) is 0 Å². The standard InChI is InChI=1S/C20H19F3N2O3/c1-12(15-8-9-24-16(10-15)11-18(26)13-2-3-13)25-19(27)14-4-6-17(7-5-14)28-20(21,22)23/h4-10,12-13H,2-3,11H2,1H3,(H,25,27). The van der Waals surface area contributed by atoms with Crippen molar-refractivity contribution in [1.29, 1.82) is 0 Å². The highest BCUT2D eigenvalue weighted by Crippen LogP contribution is 2.31. The Morgan fingerprint density at radius 3 is 2.50 bits per heavy atom. The molecule has 2 aromatic rings. The lowest BCUT2D eigenvalue weighted by molar-refractivity contribution is -0.274. The van der Waals surface area contributed by atoms with Crippen molar-refractivity contribution in [2.45, 2.75) is 38.6 Å². The van der Waals surface area contributed by atoms with E-state index in [0.717, 1.165) is 30.5 Å². The zero-order valence-electron chi connectivity index (χ0n) is 15.1. The summed E-state index contributed by atoms with van der Waals surface area (Å²) in [6, 6.07) is 7.85. The van der Waals surface area contributed by atoms with Crippen LogP contribution in [0.2, 0.25) is 0 Å². The van der Waals surface area contributed by atoms with Gasteiger partial charge in [-0.25, -0.2) is 0 Å². The third-order valence-electron chi connectivity index (χ3n) is 4.43. The molecule has 1 aromatic heterocycles. The smallest absolute Gasteiger partial charge is 0.406 e. The fraction of sp³-hybridized carbons (Fsp3) is 0.350. The molecule has 8 heteroatoms. The van der Waals surface area contributed by atoms with Crippen molar-refractivity contribution in [3.05, 3.63) is 59.4 Å². The SMILES string of the molecule is CC(NC(=O)c1ccc(OC(F)(F)F)cc1)c1ccnc(CC(=O)C2CC2)c1. The molecular formula is C20H19F3N2O3. The predicted molar refractivity (Wildman–Crippen MR) is 94.7 cm³/mol. The molecule has 1 aliphatic carbocycles. The van der Waals surface area contributed by atoms with Gasteiger partial charge in [-0.05, 0) is 61.7 Å². The number of nitrogens with one attached hydrogen (secondary N) is 1. The Morgan fingerprint density at radius 1 is 1.21 bits per heavy atom. The number of hydrogen-bond donors (Lipinski definition) is 1. The quantitative estimate of drug-likeness (QED) is 0.774. The third-order valence-corrected chi connectivity index (χ3v) is 4.43. The summed E-state index contributed by atoms with van der Waals surface area (Å²) in [7, 11) is 0. The van der Waals surface area contributed by atoms with Gasteiger partial charge in [0.25, 0.3) is 5.91 Å². The van der Waals surface area contributed by atoms with Crippen LogP contribution in [0.5, 0.6) is 5.75 Å². The predicted octanol–water partition coefficient (Wildman–Crippen LogP) is 3.99. The van der Waals surface area contributed by atoms with Gasteiger partial charge in [-0.15, -0.1) is 13.2 Å². The Bertz CT molecular complexity index is 862. The molecule has 1 aromatic carbocycles. The number of ether oxygens (including phenoxy) is 1. The molecular weight excluding hydrogens is 373 g/mol. The Kier molecular flexibility index (Phi) is 5.67. The molecule has 1 unspecified atom stereocenters. The number of carbonyl (C=O) groups excluding carboxylic acids is 2. The molecule has 1 atom stereocenters. The number of nitrogens with zero attached hydrogens (tertiary/aromatic N) is 1.